The van der Waals surface area contributed by atoms with Gasteiger partial charge in [0.05, 0.1) is 0 Å². The molecule has 0 fully saturated rings. The first-order valence-corrected chi connectivity index (χ1v) is 7.27. The van der Waals surface area contributed by atoms with Crippen LogP contribution in [-0.4, -0.2) is 4.98 Å². The molecule has 1 aromatic rings. The van der Waals surface area contributed by atoms with Gasteiger partial charge in [0.25, 0.3) is 0 Å². The zero-order valence-corrected chi connectivity index (χ0v) is 13.8. The van der Waals surface area contributed by atoms with E-state index in [0.29, 0.717) is 0 Å². The molecule has 0 saturated heterocycles. The monoisotopic (exact) mass is 251 g/mol. The molecular formula is C17H33N. The van der Waals surface area contributed by atoms with Gasteiger partial charge in [0.1, 0.15) is 0 Å². The van der Waals surface area contributed by atoms with Crippen LogP contribution in [0.15, 0.2) is 18.8 Å². The summed E-state index contributed by atoms with van der Waals surface area (Å²) < 4.78 is 0. The first-order valence-electron chi connectivity index (χ1n) is 7.27. The summed E-state index contributed by atoms with van der Waals surface area (Å²) in [7, 11) is 0. The van der Waals surface area contributed by atoms with Crippen molar-refractivity contribution >= 4 is 6.08 Å². The van der Waals surface area contributed by atoms with Gasteiger partial charge in [-0.05, 0) is 30.5 Å². The minimum absolute atomic E-state index is 1.02. The molecule has 1 nitrogen and oxygen atoms in total. The Balaban J connectivity index is -0.000000274. The van der Waals surface area contributed by atoms with Gasteiger partial charge in [-0.25, -0.2) is 0 Å². The summed E-state index contributed by atoms with van der Waals surface area (Å²) in [6.07, 6.45) is 6.08. The SMILES string of the molecule is C=Cc1cc(C)ncc1CC.CC.CC.CCC. The number of pyridine rings is 1. The highest BCUT2D eigenvalue weighted by Crippen LogP contribution is 2.10. The van der Waals surface area contributed by atoms with Gasteiger partial charge in [0.15, 0.2) is 0 Å². The summed E-state index contributed by atoms with van der Waals surface area (Å²) in [5.74, 6) is 0. The molecule has 0 aliphatic carbocycles. The normalized spacial score (nSPS) is 7.56. The Bertz CT molecular complexity index is 277. The van der Waals surface area contributed by atoms with Gasteiger partial charge in [-0.1, -0.05) is 67.5 Å². The molecule has 0 aromatic carbocycles. The lowest BCUT2D eigenvalue weighted by atomic mass is 10.1. The zero-order valence-electron chi connectivity index (χ0n) is 13.8. The number of hydrogen-bond acceptors (Lipinski definition) is 1. The molecule has 0 aliphatic heterocycles. The third-order valence-electron chi connectivity index (χ3n) is 1.76. The van der Waals surface area contributed by atoms with E-state index in [1.54, 1.807) is 0 Å². The molecule has 0 aliphatic rings. The maximum atomic E-state index is 4.21. The van der Waals surface area contributed by atoms with Crippen LogP contribution in [0, 0.1) is 6.92 Å². The van der Waals surface area contributed by atoms with Crippen LogP contribution in [-0.2, 0) is 6.42 Å². The topological polar surface area (TPSA) is 12.9 Å². The van der Waals surface area contributed by atoms with E-state index in [2.05, 4.69) is 38.4 Å². The molecule has 0 N–H and O–H groups in total. The van der Waals surface area contributed by atoms with Crippen molar-refractivity contribution in [3.63, 3.8) is 0 Å². The lowest BCUT2D eigenvalue weighted by molar-refractivity contribution is 1.07. The van der Waals surface area contributed by atoms with Gasteiger partial charge in [0, 0.05) is 11.9 Å². The fourth-order valence-corrected chi connectivity index (χ4v) is 1.09. The summed E-state index contributed by atoms with van der Waals surface area (Å²) >= 11 is 0. The van der Waals surface area contributed by atoms with E-state index in [9.17, 15) is 0 Å². The van der Waals surface area contributed by atoms with Crippen LogP contribution >= 0.6 is 0 Å². The fourth-order valence-electron chi connectivity index (χ4n) is 1.09. The van der Waals surface area contributed by atoms with Crippen molar-refractivity contribution in [2.24, 2.45) is 0 Å². The lowest BCUT2D eigenvalue weighted by Gasteiger charge is -2.02. The van der Waals surface area contributed by atoms with Crippen molar-refractivity contribution in [2.45, 2.75) is 68.2 Å². The highest BCUT2D eigenvalue weighted by molar-refractivity contribution is 5.51. The van der Waals surface area contributed by atoms with Gasteiger partial charge in [0.2, 0.25) is 0 Å². The van der Waals surface area contributed by atoms with E-state index in [-0.39, 0.29) is 0 Å². The van der Waals surface area contributed by atoms with Crippen LogP contribution in [0.2, 0.25) is 0 Å². The highest BCUT2D eigenvalue weighted by Gasteiger charge is 1.96. The maximum Gasteiger partial charge on any atom is 0.0378 e. The van der Waals surface area contributed by atoms with Crippen LogP contribution in [0.3, 0.4) is 0 Å². The van der Waals surface area contributed by atoms with Crippen molar-refractivity contribution in [2.75, 3.05) is 0 Å². The molecular weight excluding hydrogens is 218 g/mol. The number of rotatable bonds is 2. The predicted molar refractivity (Wildman–Crippen MR) is 87.1 cm³/mol. The van der Waals surface area contributed by atoms with Crippen LogP contribution in [0.25, 0.3) is 6.08 Å². The molecule has 0 saturated carbocycles. The molecule has 0 spiro atoms. The quantitative estimate of drug-likeness (QED) is 0.622. The molecule has 1 heterocycles. The molecule has 1 heteroatoms. The smallest absolute Gasteiger partial charge is 0.0378 e. The van der Waals surface area contributed by atoms with E-state index in [0.717, 1.165) is 12.1 Å². The van der Waals surface area contributed by atoms with Crippen molar-refractivity contribution in [1.82, 2.24) is 4.98 Å². The molecule has 1 rings (SSSR count). The van der Waals surface area contributed by atoms with Crippen LogP contribution in [0.1, 0.15) is 71.7 Å². The Hall–Kier alpha value is -1.11. The van der Waals surface area contributed by atoms with Gasteiger partial charge < -0.3 is 0 Å². The minimum atomic E-state index is 1.02. The number of aromatic nitrogens is 1. The summed E-state index contributed by atoms with van der Waals surface area (Å²) in [4.78, 5) is 4.21. The second kappa shape index (κ2) is 18.3. The third-order valence-corrected chi connectivity index (χ3v) is 1.76. The first kappa shape index (κ1) is 22.1. The second-order valence-electron chi connectivity index (χ2n) is 3.29. The van der Waals surface area contributed by atoms with Crippen LogP contribution in [0.4, 0.5) is 0 Å². The second-order valence-corrected chi connectivity index (χ2v) is 3.29. The molecule has 106 valence electrons. The average molecular weight is 251 g/mol. The van der Waals surface area contributed by atoms with Crippen LogP contribution in [0.5, 0.6) is 0 Å². The van der Waals surface area contributed by atoms with E-state index >= 15 is 0 Å². The van der Waals surface area contributed by atoms with Crippen molar-refractivity contribution < 1.29 is 0 Å². The Morgan fingerprint density at radius 1 is 1.11 bits per heavy atom. The third kappa shape index (κ3) is 11.4. The predicted octanol–water partition coefficient (Wildman–Crippen LogP) is 6.06. The lowest BCUT2D eigenvalue weighted by Crippen LogP contribution is -1.90. The molecule has 0 unspecified atom stereocenters. The average Bonchev–Trinajstić information content (AvgIpc) is 2.44. The minimum Gasteiger partial charge on any atom is -0.261 e. The van der Waals surface area contributed by atoms with E-state index in [4.69, 9.17) is 0 Å². The standard InChI is InChI=1S/C10H13N.C3H8.2C2H6/c1-4-9-6-8(3)11-7-10(9)5-2;1-3-2;2*1-2/h4,6-7H,1,5H2,2-3H3;3H2,1-2H3;2*1-2H3. The first-order chi connectivity index (χ1) is 8.69. The largest absolute Gasteiger partial charge is 0.261 e. The van der Waals surface area contributed by atoms with Crippen molar-refractivity contribution in [3.05, 3.63) is 35.7 Å². The summed E-state index contributed by atoms with van der Waals surface area (Å²) in [5, 5.41) is 0. The molecule has 0 radical (unpaired) electrons. The number of hydrogen-bond donors (Lipinski definition) is 0. The zero-order chi connectivity index (χ0) is 15.0. The van der Waals surface area contributed by atoms with E-state index in [1.807, 2.05) is 46.9 Å². The fraction of sp³-hybridized carbons (Fsp3) is 0.588. The van der Waals surface area contributed by atoms with Crippen molar-refractivity contribution in [1.29, 1.82) is 0 Å². The van der Waals surface area contributed by atoms with Gasteiger partial charge in [-0.3, -0.25) is 4.98 Å². The molecule has 0 amide bonds. The Morgan fingerprint density at radius 2 is 1.56 bits per heavy atom. The van der Waals surface area contributed by atoms with Crippen molar-refractivity contribution in [3.8, 4) is 0 Å². The van der Waals surface area contributed by atoms with Gasteiger partial charge in [-0.15, -0.1) is 0 Å². The van der Waals surface area contributed by atoms with E-state index < -0.39 is 0 Å². The molecule has 0 atom stereocenters. The van der Waals surface area contributed by atoms with Gasteiger partial charge >= 0.3 is 0 Å². The summed E-state index contributed by atoms with van der Waals surface area (Å²) in [6.45, 7) is 20.1. The van der Waals surface area contributed by atoms with Gasteiger partial charge in [-0.2, -0.15) is 0 Å². The summed E-state index contributed by atoms with van der Waals surface area (Å²) in [6, 6.07) is 2.06. The maximum absolute atomic E-state index is 4.21. The number of nitrogens with zero attached hydrogens (tertiary/aromatic N) is 1. The molecule has 0 bridgehead atoms. The van der Waals surface area contributed by atoms with Crippen LogP contribution < -0.4 is 0 Å². The Labute approximate surface area is 115 Å². The molecule has 1 aromatic heterocycles. The Kier molecular flexibility index (Phi) is 22.4. The number of aryl methyl sites for hydroxylation is 2. The highest BCUT2D eigenvalue weighted by atomic mass is 14.7. The molecule has 18 heavy (non-hydrogen) atoms. The summed E-state index contributed by atoms with van der Waals surface area (Å²) in [5.41, 5.74) is 3.53. The van der Waals surface area contributed by atoms with E-state index in [1.165, 1.54) is 17.5 Å². The Morgan fingerprint density at radius 3 is 1.89 bits per heavy atom.